The van der Waals surface area contributed by atoms with E-state index >= 15 is 0 Å². The summed E-state index contributed by atoms with van der Waals surface area (Å²) < 4.78 is 0. The van der Waals surface area contributed by atoms with E-state index in [-0.39, 0.29) is 11.6 Å². The van der Waals surface area contributed by atoms with Crippen LogP contribution in [0.1, 0.15) is 34.1 Å². The summed E-state index contributed by atoms with van der Waals surface area (Å²) in [4.78, 5) is 23.9. The summed E-state index contributed by atoms with van der Waals surface area (Å²) in [7, 11) is 0. The molecule has 0 saturated carbocycles. The standard InChI is InChI=1S/C21H17BrO2/c1-2-20(23)19-12-11-16(17-5-3-4-6-18(17)19)14-7-9-15(10-8-14)21(24)13-22/h3-12H,2,13H2,1H3. The number of ketones is 2. The van der Waals surface area contributed by atoms with Crippen molar-refractivity contribution in [1.29, 1.82) is 0 Å². The van der Waals surface area contributed by atoms with Crippen molar-refractivity contribution in [2.45, 2.75) is 13.3 Å². The van der Waals surface area contributed by atoms with Crippen molar-refractivity contribution in [3.63, 3.8) is 0 Å². The molecule has 0 spiro atoms. The largest absolute Gasteiger partial charge is 0.294 e. The maximum Gasteiger partial charge on any atom is 0.173 e. The molecule has 3 aromatic carbocycles. The lowest BCUT2D eigenvalue weighted by Gasteiger charge is -2.11. The maximum atomic E-state index is 12.2. The van der Waals surface area contributed by atoms with E-state index in [1.807, 2.05) is 67.6 Å². The Morgan fingerprint density at radius 1 is 0.833 bits per heavy atom. The number of carbonyl (C=O) groups is 2. The van der Waals surface area contributed by atoms with E-state index < -0.39 is 0 Å². The number of Topliss-reactive ketones (excluding diaryl/α,β-unsaturated/α-hetero) is 2. The highest BCUT2D eigenvalue weighted by Gasteiger charge is 2.12. The number of fused-ring (bicyclic) bond motifs is 1. The molecule has 0 radical (unpaired) electrons. The SMILES string of the molecule is CCC(=O)c1ccc(-c2ccc(C(=O)CBr)cc2)c2ccccc12. The predicted molar refractivity (Wildman–Crippen MR) is 102 cm³/mol. The van der Waals surface area contributed by atoms with Gasteiger partial charge in [0.1, 0.15) is 0 Å². The molecule has 3 heteroatoms. The van der Waals surface area contributed by atoms with Crippen molar-refractivity contribution in [2.75, 3.05) is 5.33 Å². The molecule has 0 unspecified atom stereocenters. The van der Waals surface area contributed by atoms with Gasteiger partial charge < -0.3 is 0 Å². The van der Waals surface area contributed by atoms with Gasteiger partial charge in [-0.1, -0.05) is 83.5 Å². The zero-order valence-electron chi connectivity index (χ0n) is 13.4. The van der Waals surface area contributed by atoms with Crippen molar-refractivity contribution >= 4 is 38.3 Å². The van der Waals surface area contributed by atoms with Gasteiger partial charge in [-0.2, -0.15) is 0 Å². The molecule has 0 heterocycles. The Morgan fingerprint density at radius 3 is 2.12 bits per heavy atom. The molecule has 0 atom stereocenters. The van der Waals surface area contributed by atoms with E-state index in [0.29, 0.717) is 17.3 Å². The van der Waals surface area contributed by atoms with Crippen molar-refractivity contribution in [3.8, 4) is 11.1 Å². The smallest absolute Gasteiger partial charge is 0.173 e. The summed E-state index contributed by atoms with van der Waals surface area (Å²) in [5.74, 6) is 0.214. The topological polar surface area (TPSA) is 34.1 Å². The summed E-state index contributed by atoms with van der Waals surface area (Å²) in [5, 5.41) is 2.35. The molecule has 0 N–H and O–H groups in total. The molecule has 3 rings (SSSR count). The molecule has 3 aromatic rings. The van der Waals surface area contributed by atoms with Crippen molar-refractivity contribution in [1.82, 2.24) is 0 Å². The number of carbonyl (C=O) groups excluding carboxylic acids is 2. The molecule has 0 fully saturated rings. The average molecular weight is 381 g/mol. The lowest BCUT2D eigenvalue weighted by Crippen LogP contribution is -2.00. The molecule has 0 aliphatic rings. The molecule has 0 aliphatic carbocycles. The fourth-order valence-corrected chi connectivity index (χ4v) is 3.22. The van der Waals surface area contributed by atoms with E-state index in [1.54, 1.807) is 0 Å². The van der Waals surface area contributed by atoms with Crippen LogP contribution in [0.25, 0.3) is 21.9 Å². The molecule has 24 heavy (non-hydrogen) atoms. The first-order chi connectivity index (χ1) is 11.7. The van der Waals surface area contributed by atoms with Gasteiger partial charge in [0.2, 0.25) is 0 Å². The molecule has 0 aliphatic heterocycles. The summed E-state index contributed by atoms with van der Waals surface area (Å²) >= 11 is 3.19. The number of alkyl halides is 1. The number of hydrogen-bond donors (Lipinski definition) is 0. The van der Waals surface area contributed by atoms with Crippen LogP contribution in [0.3, 0.4) is 0 Å². The predicted octanol–water partition coefficient (Wildman–Crippen LogP) is 5.68. The molecular weight excluding hydrogens is 364 g/mol. The quantitative estimate of drug-likeness (QED) is 0.421. The van der Waals surface area contributed by atoms with Crippen molar-refractivity contribution in [2.24, 2.45) is 0 Å². The molecule has 0 saturated heterocycles. The third-order valence-electron chi connectivity index (χ3n) is 4.18. The first-order valence-electron chi connectivity index (χ1n) is 7.90. The second kappa shape index (κ2) is 7.10. The van der Waals surface area contributed by atoms with Crippen LogP contribution in [0, 0.1) is 0 Å². The van der Waals surface area contributed by atoms with E-state index in [4.69, 9.17) is 0 Å². The molecule has 2 nitrogen and oxygen atoms in total. The highest BCUT2D eigenvalue weighted by Crippen LogP contribution is 2.31. The van der Waals surface area contributed by atoms with Crippen LogP contribution in [0.2, 0.25) is 0 Å². The minimum absolute atomic E-state index is 0.0651. The molecule has 0 aromatic heterocycles. The Balaban J connectivity index is 2.14. The van der Waals surface area contributed by atoms with Crippen molar-refractivity contribution < 1.29 is 9.59 Å². The Bertz CT molecular complexity index is 911. The normalized spacial score (nSPS) is 10.8. The molecule has 0 bridgehead atoms. The average Bonchev–Trinajstić information content (AvgIpc) is 2.66. The van der Waals surface area contributed by atoms with Crippen LogP contribution in [-0.2, 0) is 0 Å². The third kappa shape index (κ3) is 3.04. The van der Waals surface area contributed by atoms with E-state index in [0.717, 1.165) is 27.5 Å². The fourth-order valence-electron chi connectivity index (χ4n) is 2.90. The first-order valence-corrected chi connectivity index (χ1v) is 9.02. The van der Waals surface area contributed by atoms with E-state index in [9.17, 15) is 9.59 Å². The highest BCUT2D eigenvalue weighted by atomic mass is 79.9. The van der Waals surface area contributed by atoms with Gasteiger partial charge >= 0.3 is 0 Å². The number of rotatable bonds is 5. The second-order valence-corrected chi connectivity index (χ2v) is 6.18. The first kappa shape index (κ1) is 16.6. The lowest BCUT2D eigenvalue weighted by atomic mass is 9.92. The number of benzene rings is 3. The number of halogens is 1. The van der Waals surface area contributed by atoms with Gasteiger partial charge in [0.15, 0.2) is 11.6 Å². The van der Waals surface area contributed by atoms with Gasteiger partial charge in [-0.25, -0.2) is 0 Å². The summed E-state index contributed by atoms with van der Waals surface area (Å²) in [5.41, 5.74) is 3.56. The minimum Gasteiger partial charge on any atom is -0.294 e. The van der Waals surface area contributed by atoms with Gasteiger partial charge in [-0.05, 0) is 21.9 Å². The minimum atomic E-state index is 0.0651. The Labute approximate surface area is 149 Å². The Morgan fingerprint density at radius 2 is 1.50 bits per heavy atom. The highest BCUT2D eigenvalue weighted by molar-refractivity contribution is 9.09. The summed E-state index contributed by atoms with van der Waals surface area (Å²) in [6.45, 7) is 1.88. The Hall–Kier alpha value is -2.26. The van der Waals surface area contributed by atoms with Crippen LogP contribution >= 0.6 is 15.9 Å². The fraction of sp³-hybridized carbons (Fsp3) is 0.143. The van der Waals surface area contributed by atoms with Crippen LogP contribution in [0.5, 0.6) is 0 Å². The molecular formula is C21H17BrO2. The zero-order chi connectivity index (χ0) is 17.1. The third-order valence-corrected chi connectivity index (χ3v) is 4.69. The van der Waals surface area contributed by atoms with E-state index in [2.05, 4.69) is 15.9 Å². The monoisotopic (exact) mass is 380 g/mol. The zero-order valence-corrected chi connectivity index (χ0v) is 15.0. The van der Waals surface area contributed by atoms with Crippen LogP contribution in [-0.4, -0.2) is 16.9 Å². The molecule has 120 valence electrons. The second-order valence-electron chi connectivity index (χ2n) is 5.62. The summed E-state index contributed by atoms with van der Waals surface area (Å²) in [6.07, 6.45) is 0.493. The van der Waals surface area contributed by atoms with Gasteiger partial charge in [-0.3, -0.25) is 9.59 Å². The maximum absolute atomic E-state index is 12.2. The van der Waals surface area contributed by atoms with Gasteiger partial charge in [0.25, 0.3) is 0 Å². The lowest BCUT2D eigenvalue weighted by molar-refractivity contribution is 0.0987. The molecule has 0 amide bonds. The Kier molecular flexibility index (Phi) is 4.91. The van der Waals surface area contributed by atoms with Crippen LogP contribution in [0.15, 0.2) is 60.7 Å². The van der Waals surface area contributed by atoms with E-state index in [1.165, 1.54) is 0 Å². The van der Waals surface area contributed by atoms with Gasteiger partial charge in [0, 0.05) is 17.5 Å². The van der Waals surface area contributed by atoms with Crippen molar-refractivity contribution in [3.05, 3.63) is 71.8 Å². The summed E-state index contributed by atoms with van der Waals surface area (Å²) in [6, 6.07) is 19.5. The van der Waals surface area contributed by atoms with Crippen LogP contribution < -0.4 is 0 Å². The number of hydrogen-bond acceptors (Lipinski definition) is 2. The van der Waals surface area contributed by atoms with Gasteiger partial charge in [-0.15, -0.1) is 0 Å². The van der Waals surface area contributed by atoms with Crippen LogP contribution in [0.4, 0.5) is 0 Å². The van der Waals surface area contributed by atoms with Gasteiger partial charge in [0.05, 0.1) is 5.33 Å².